The Kier molecular flexibility index (Phi) is 4.47. The Labute approximate surface area is 119 Å². The van der Waals surface area contributed by atoms with Crippen molar-refractivity contribution >= 4 is 17.3 Å². The number of nitrogens with one attached hydrogen (secondary N) is 2. The van der Waals surface area contributed by atoms with Gasteiger partial charge in [0.15, 0.2) is 0 Å². The fourth-order valence-corrected chi connectivity index (χ4v) is 1.82. The molecule has 110 valence electrons. The number of carbonyl (C=O) groups is 1. The van der Waals surface area contributed by atoms with Crippen LogP contribution in [0.15, 0.2) is 36.4 Å². The molecule has 0 bridgehead atoms. The van der Waals surface area contributed by atoms with Crippen molar-refractivity contribution in [1.82, 2.24) is 0 Å². The van der Waals surface area contributed by atoms with E-state index in [1.165, 1.54) is 18.2 Å². The number of hydrogen-bond donors (Lipinski definition) is 2. The molecule has 2 N–H and O–H groups in total. The van der Waals surface area contributed by atoms with Crippen molar-refractivity contribution < 1.29 is 18.0 Å². The maximum Gasteiger partial charge on any atom is 0.255 e. The summed E-state index contributed by atoms with van der Waals surface area (Å²) in [6.07, 6.45) is 0. The standard InChI is InChI=1S/C15H13F3N2O/c1-2-19-14-12(17)6-9(7-13(14)18)15(21)20-11-5-3-4-10(16)8-11/h3-8,19H,2H2,1H3,(H,20,21). The highest BCUT2D eigenvalue weighted by Crippen LogP contribution is 2.21. The van der Waals surface area contributed by atoms with Crippen molar-refractivity contribution in [3.63, 3.8) is 0 Å². The Morgan fingerprint density at radius 3 is 2.33 bits per heavy atom. The second-order valence-electron chi connectivity index (χ2n) is 4.31. The van der Waals surface area contributed by atoms with Gasteiger partial charge >= 0.3 is 0 Å². The molecule has 0 fully saturated rings. The minimum Gasteiger partial charge on any atom is -0.381 e. The quantitative estimate of drug-likeness (QED) is 0.900. The van der Waals surface area contributed by atoms with Crippen LogP contribution in [0.25, 0.3) is 0 Å². The van der Waals surface area contributed by atoms with E-state index in [9.17, 15) is 18.0 Å². The van der Waals surface area contributed by atoms with E-state index in [1.54, 1.807) is 6.92 Å². The van der Waals surface area contributed by atoms with Crippen LogP contribution in [0, 0.1) is 17.5 Å². The average molecular weight is 294 g/mol. The summed E-state index contributed by atoms with van der Waals surface area (Å²) in [5.74, 6) is -2.96. The summed E-state index contributed by atoms with van der Waals surface area (Å²) in [7, 11) is 0. The molecule has 0 aromatic heterocycles. The van der Waals surface area contributed by atoms with Gasteiger partial charge in [-0.25, -0.2) is 13.2 Å². The molecule has 2 rings (SSSR count). The van der Waals surface area contributed by atoms with E-state index < -0.39 is 23.4 Å². The van der Waals surface area contributed by atoms with Crippen LogP contribution in [0.5, 0.6) is 0 Å². The SMILES string of the molecule is CCNc1c(F)cc(C(=O)Nc2cccc(F)c2)cc1F. The van der Waals surface area contributed by atoms with Crippen LogP contribution in [0.1, 0.15) is 17.3 Å². The molecule has 0 aliphatic heterocycles. The highest BCUT2D eigenvalue weighted by molar-refractivity contribution is 6.04. The Morgan fingerprint density at radius 1 is 1.10 bits per heavy atom. The van der Waals surface area contributed by atoms with E-state index in [1.807, 2.05) is 0 Å². The highest BCUT2D eigenvalue weighted by atomic mass is 19.1. The van der Waals surface area contributed by atoms with Crippen molar-refractivity contribution in [3.8, 4) is 0 Å². The molecule has 0 saturated heterocycles. The predicted octanol–water partition coefficient (Wildman–Crippen LogP) is 3.79. The van der Waals surface area contributed by atoms with E-state index in [0.717, 1.165) is 18.2 Å². The number of amides is 1. The first-order valence-electron chi connectivity index (χ1n) is 6.31. The van der Waals surface area contributed by atoms with Crippen LogP contribution in [-0.2, 0) is 0 Å². The van der Waals surface area contributed by atoms with Gasteiger partial charge in [-0.15, -0.1) is 0 Å². The van der Waals surface area contributed by atoms with E-state index >= 15 is 0 Å². The van der Waals surface area contributed by atoms with E-state index in [-0.39, 0.29) is 16.9 Å². The summed E-state index contributed by atoms with van der Waals surface area (Å²) in [5.41, 5.74) is -0.257. The first-order chi connectivity index (χ1) is 10.0. The van der Waals surface area contributed by atoms with E-state index in [2.05, 4.69) is 10.6 Å². The molecule has 3 nitrogen and oxygen atoms in total. The topological polar surface area (TPSA) is 41.1 Å². The first kappa shape index (κ1) is 14.9. The molecule has 1 amide bonds. The van der Waals surface area contributed by atoms with Gasteiger partial charge in [0.05, 0.1) is 0 Å². The third-order valence-electron chi connectivity index (χ3n) is 2.74. The van der Waals surface area contributed by atoms with Crippen molar-refractivity contribution in [3.05, 3.63) is 59.4 Å². The Morgan fingerprint density at radius 2 is 1.76 bits per heavy atom. The largest absolute Gasteiger partial charge is 0.381 e. The second kappa shape index (κ2) is 6.30. The van der Waals surface area contributed by atoms with Gasteiger partial charge in [-0.1, -0.05) is 6.07 Å². The first-order valence-corrected chi connectivity index (χ1v) is 6.31. The third-order valence-corrected chi connectivity index (χ3v) is 2.74. The number of carbonyl (C=O) groups excluding carboxylic acids is 1. The van der Waals surface area contributed by atoms with Crippen LogP contribution < -0.4 is 10.6 Å². The Bertz CT molecular complexity index is 651. The zero-order valence-corrected chi connectivity index (χ0v) is 11.2. The lowest BCUT2D eigenvalue weighted by Crippen LogP contribution is -2.14. The Hall–Kier alpha value is -2.50. The van der Waals surface area contributed by atoms with Gasteiger partial charge in [0, 0.05) is 17.8 Å². The molecule has 0 heterocycles. The smallest absolute Gasteiger partial charge is 0.255 e. The van der Waals surface area contributed by atoms with Crippen molar-refractivity contribution in [1.29, 1.82) is 0 Å². The van der Waals surface area contributed by atoms with Crippen LogP contribution in [0.3, 0.4) is 0 Å². The maximum absolute atomic E-state index is 13.7. The minimum absolute atomic E-state index is 0.184. The van der Waals surface area contributed by atoms with Gasteiger partial charge in [-0.2, -0.15) is 0 Å². The fraction of sp³-hybridized carbons (Fsp3) is 0.133. The fourth-order valence-electron chi connectivity index (χ4n) is 1.82. The van der Waals surface area contributed by atoms with Crippen molar-refractivity contribution in [2.45, 2.75) is 6.92 Å². The van der Waals surface area contributed by atoms with Crippen molar-refractivity contribution in [2.24, 2.45) is 0 Å². The monoisotopic (exact) mass is 294 g/mol. The predicted molar refractivity (Wildman–Crippen MR) is 74.9 cm³/mol. The molecular weight excluding hydrogens is 281 g/mol. The zero-order valence-electron chi connectivity index (χ0n) is 11.2. The highest BCUT2D eigenvalue weighted by Gasteiger charge is 2.15. The molecule has 21 heavy (non-hydrogen) atoms. The lowest BCUT2D eigenvalue weighted by molar-refractivity contribution is 0.102. The van der Waals surface area contributed by atoms with Gasteiger partial charge in [-0.05, 0) is 37.3 Å². The summed E-state index contributed by atoms with van der Waals surface area (Å²) in [6, 6.07) is 7.07. The molecule has 6 heteroatoms. The van der Waals surface area contributed by atoms with Crippen LogP contribution in [0.2, 0.25) is 0 Å². The molecule has 0 spiro atoms. The molecule has 0 radical (unpaired) electrons. The molecule has 0 unspecified atom stereocenters. The number of halogens is 3. The van der Waals surface area contributed by atoms with Gasteiger partial charge < -0.3 is 10.6 Å². The van der Waals surface area contributed by atoms with Gasteiger partial charge in [0.2, 0.25) is 0 Å². The zero-order chi connectivity index (χ0) is 15.4. The summed E-state index contributed by atoms with van der Waals surface area (Å²) >= 11 is 0. The number of benzene rings is 2. The normalized spacial score (nSPS) is 10.3. The molecular formula is C15H13F3N2O. The summed E-state index contributed by atoms with van der Waals surface area (Å²) in [4.78, 5) is 11.9. The number of hydrogen-bond acceptors (Lipinski definition) is 2. The van der Waals surface area contributed by atoms with E-state index in [4.69, 9.17) is 0 Å². The lowest BCUT2D eigenvalue weighted by atomic mass is 10.1. The lowest BCUT2D eigenvalue weighted by Gasteiger charge is -2.09. The van der Waals surface area contributed by atoms with Crippen LogP contribution in [-0.4, -0.2) is 12.5 Å². The molecule has 2 aromatic carbocycles. The molecule has 0 saturated carbocycles. The van der Waals surface area contributed by atoms with Gasteiger partial charge in [-0.3, -0.25) is 4.79 Å². The molecule has 0 aliphatic rings. The minimum atomic E-state index is -0.860. The van der Waals surface area contributed by atoms with Gasteiger partial charge in [0.25, 0.3) is 5.91 Å². The number of anilines is 2. The number of rotatable bonds is 4. The molecule has 2 aromatic rings. The Balaban J connectivity index is 2.24. The molecule has 0 aliphatic carbocycles. The van der Waals surface area contributed by atoms with Gasteiger partial charge in [0.1, 0.15) is 23.1 Å². The summed E-state index contributed by atoms with van der Waals surface area (Å²) in [6.45, 7) is 2.05. The summed E-state index contributed by atoms with van der Waals surface area (Å²) in [5, 5.41) is 4.91. The summed E-state index contributed by atoms with van der Waals surface area (Å²) < 4.78 is 40.4. The van der Waals surface area contributed by atoms with Crippen LogP contribution >= 0.6 is 0 Å². The molecule has 0 atom stereocenters. The van der Waals surface area contributed by atoms with Crippen LogP contribution in [0.4, 0.5) is 24.5 Å². The third kappa shape index (κ3) is 3.53. The average Bonchev–Trinajstić information content (AvgIpc) is 2.42. The van der Waals surface area contributed by atoms with E-state index in [0.29, 0.717) is 6.54 Å². The van der Waals surface area contributed by atoms with Crippen molar-refractivity contribution in [2.75, 3.05) is 17.2 Å². The second-order valence-corrected chi connectivity index (χ2v) is 4.31. The maximum atomic E-state index is 13.7.